The van der Waals surface area contributed by atoms with E-state index in [2.05, 4.69) is 28.4 Å². The van der Waals surface area contributed by atoms with Crippen LogP contribution >= 0.6 is 11.8 Å². The number of carbonyl (C=O) groups excluding carboxylic acids is 2. The molecule has 0 aliphatic carbocycles. The third-order valence-corrected chi connectivity index (χ3v) is 5.55. The first-order valence-corrected chi connectivity index (χ1v) is 11.6. The van der Waals surface area contributed by atoms with Crippen molar-refractivity contribution < 1.29 is 14.3 Å². The number of ether oxygens (including phenoxy) is 1. The highest BCUT2D eigenvalue weighted by Gasteiger charge is 2.23. The maximum Gasteiger partial charge on any atom is 0.326 e. The first-order valence-electron chi connectivity index (χ1n) is 10.6. The van der Waals surface area contributed by atoms with Crippen LogP contribution in [0.2, 0.25) is 0 Å². The lowest BCUT2D eigenvalue weighted by Gasteiger charge is -2.26. The molecule has 0 spiro atoms. The van der Waals surface area contributed by atoms with E-state index < -0.39 is 11.6 Å². The topological polar surface area (TPSA) is 80.6 Å². The second-order valence-corrected chi connectivity index (χ2v) is 10.1. The van der Waals surface area contributed by atoms with E-state index >= 15 is 0 Å². The molecule has 0 aliphatic heterocycles. The zero-order valence-electron chi connectivity index (χ0n) is 20.4. The van der Waals surface area contributed by atoms with Gasteiger partial charge in [-0.25, -0.2) is 0 Å². The average molecular weight is 462 g/mol. The predicted molar refractivity (Wildman–Crippen MR) is 127 cm³/mol. The van der Waals surface area contributed by atoms with Gasteiger partial charge in [-0.3, -0.25) is 14.2 Å². The molecule has 0 saturated carbocycles. The minimum Gasteiger partial charge on any atom is -0.459 e. The molecule has 0 fully saturated rings. The number of hydrogen-bond donors (Lipinski definition) is 0. The van der Waals surface area contributed by atoms with E-state index in [1.165, 1.54) is 11.8 Å². The molecule has 9 heteroatoms. The minimum absolute atomic E-state index is 0.0762. The van der Waals surface area contributed by atoms with E-state index in [0.29, 0.717) is 18.2 Å². The Hall–Kier alpha value is -2.39. The largest absolute Gasteiger partial charge is 0.459 e. The number of nitrogens with zero attached hydrogens (tertiary/aromatic N) is 5. The summed E-state index contributed by atoms with van der Waals surface area (Å²) in [6, 6.07) is 6.21. The van der Waals surface area contributed by atoms with Gasteiger partial charge in [-0.15, -0.1) is 10.2 Å². The van der Waals surface area contributed by atoms with Gasteiger partial charge >= 0.3 is 5.97 Å². The normalized spacial score (nSPS) is 11.7. The molecule has 32 heavy (non-hydrogen) atoms. The quantitative estimate of drug-likeness (QED) is 0.419. The maximum absolute atomic E-state index is 13.0. The van der Waals surface area contributed by atoms with Crippen molar-refractivity contribution in [3.8, 4) is 5.69 Å². The molecule has 2 aromatic rings. The molecule has 1 heterocycles. The Balaban J connectivity index is 2.15. The summed E-state index contributed by atoms with van der Waals surface area (Å²) in [6.45, 7) is 12.4. The van der Waals surface area contributed by atoms with E-state index in [-0.39, 0.29) is 18.2 Å². The smallest absolute Gasteiger partial charge is 0.326 e. The first-order chi connectivity index (χ1) is 14.9. The molecule has 0 N–H and O–H groups in total. The summed E-state index contributed by atoms with van der Waals surface area (Å²) in [7, 11) is 3.86. The van der Waals surface area contributed by atoms with E-state index in [0.717, 1.165) is 22.6 Å². The summed E-state index contributed by atoms with van der Waals surface area (Å²) in [5.74, 6) is 0.353. The molecule has 0 saturated heterocycles. The highest BCUT2D eigenvalue weighted by Crippen LogP contribution is 2.25. The van der Waals surface area contributed by atoms with Crippen LogP contribution in [-0.4, -0.2) is 81.5 Å². The summed E-state index contributed by atoms with van der Waals surface area (Å²) in [4.78, 5) is 28.9. The van der Waals surface area contributed by atoms with Crippen molar-refractivity contribution in [2.75, 3.05) is 39.5 Å². The fourth-order valence-corrected chi connectivity index (χ4v) is 3.93. The van der Waals surface area contributed by atoms with E-state index in [1.807, 2.05) is 65.1 Å². The number of amides is 1. The molecule has 0 atom stereocenters. The number of aryl methyl sites for hydroxylation is 3. The number of likely N-dealkylation sites (N-methyl/N-ethyl adjacent to an activating group) is 1. The van der Waals surface area contributed by atoms with Gasteiger partial charge in [0.2, 0.25) is 5.91 Å². The third kappa shape index (κ3) is 7.63. The second-order valence-electron chi connectivity index (χ2n) is 9.15. The highest BCUT2D eigenvalue weighted by molar-refractivity contribution is 7.99. The molecular formula is C23H35N5O3S. The van der Waals surface area contributed by atoms with Crippen LogP contribution < -0.4 is 0 Å². The van der Waals surface area contributed by atoms with Gasteiger partial charge in [-0.1, -0.05) is 23.9 Å². The summed E-state index contributed by atoms with van der Waals surface area (Å²) in [5.41, 5.74) is 2.64. The minimum atomic E-state index is -0.596. The maximum atomic E-state index is 13.0. The molecule has 8 nitrogen and oxygen atoms in total. The molecule has 1 aromatic carbocycles. The van der Waals surface area contributed by atoms with Gasteiger partial charge in [0.15, 0.2) is 5.16 Å². The fourth-order valence-electron chi connectivity index (χ4n) is 3.03. The van der Waals surface area contributed by atoms with Crippen molar-refractivity contribution in [1.29, 1.82) is 0 Å². The third-order valence-electron chi connectivity index (χ3n) is 4.64. The van der Waals surface area contributed by atoms with Crippen molar-refractivity contribution in [3.63, 3.8) is 0 Å². The molecule has 2 rings (SSSR count). The lowest BCUT2D eigenvalue weighted by atomic mass is 10.1. The molecule has 0 bridgehead atoms. The van der Waals surface area contributed by atoms with Crippen LogP contribution in [0.25, 0.3) is 5.69 Å². The summed E-state index contributed by atoms with van der Waals surface area (Å²) in [6.07, 6.45) is 0. The standard InChI is InChI=1S/C23H35N5O3S/c1-16-9-10-17(2)19(13-16)28-18(3)24-25-22(28)32-15-20(29)27(12-11-26(7)8)14-21(30)31-23(4,5)6/h9-10,13H,11-12,14-15H2,1-8H3. The summed E-state index contributed by atoms with van der Waals surface area (Å²) >= 11 is 1.32. The number of esters is 1. The van der Waals surface area contributed by atoms with E-state index in [9.17, 15) is 9.59 Å². The molecule has 1 amide bonds. The zero-order valence-corrected chi connectivity index (χ0v) is 21.2. The Morgan fingerprint density at radius 1 is 1.09 bits per heavy atom. The molecule has 1 aromatic heterocycles. The Labute approximate surface area is 195 Å². The van der Waals surface area contributed by atoms with E-state index in [4.69, 9.17) is 4.74 Å². The highest BCUT2D eigenvalue weighted by atomic mass is 32.2. The Morgan fingerprint density at radius 2 is 1.78 bits per heavy atom. The van der Waals surface area contributed by atoms with Crippen LogP contribution in [0.1, 0.15) is 37.7 Å². The monoisotopic (exact) mass is 461 g/mol. The van der Waals surface area contributed by atoms with Crippen molar-refractivity contribution in [2.24, 2.45) is 0 Å². The molecule has 176 valence electrons. The number of hydrogen-bond acceptors (Lipinski definition) is 7. The number of thioether (sulfide) groups is 1. The second kappa shape index (κ2) is 11.0. The van der Waals surface area contributed by atoms with Gasteiger partial charge in [0.25, 0.3) is 0 Å². The average Bonchev–Trinajstić information content (AvgIpc) is 3.03. The lowest BCUT2D eigenvalue weighted by molar-refractivity contribution is -0.158. The van der Waals surface area contributed by atoms with Crippen LogP contribution in [0.15, 0.2) is 23.4 Å². The Bertz CT molecular complexity index is 950. The SMILES string of the molecule is Cc1ccc(C)c(-n2c(C)nnc2SCC(=O)N(CCN(C)C)CC(=O)OC(C)(C)C)c1. The number of carbonyl (C=O) groups is 2. The van der Waals surface area contributed by atoms with Crippen LogP contribution in [0.3, 0.4) is 0 Å². The van der Waals surface area contributed by atoms with Crippen LogP contribution in [0, 0.1) is 20.8 Å². The molecule has 0 unspecified atom stereocenters. The predicted octanol–water partition coefficient (Wildman–Crippen LogP) is 3.02. The van der Waals surface area contributed by atoms with Crippen molar-refractivity contribution >= 4 is 23.6 Å². The van der Waals surface area contributed by atoms with E-state index in [1.54, 1.807) is 4.90 Å². The number of rotatable bonds is 9. The number of aromatic nitrogens is 3. The fraction of sp³-hybridized carbons (Fsp3) is 0.565. The van der Waals surface area contributed by atoms with Gasteiger partial charge in [0.05, 0.1) is 11.4 Å². The lowest BCUT2D eigenvalue weighted by Crippen LogP contribution is -2.42. The van der Waals surface area contributed by atoms with Gasteiger partial charge in [0, 0.05) is 13.1 Å². The van der Waals surface area contributed by atoms with Crippen LogP contribution in [0.5, 0.6) is 0 Å². The summed E-state index contributed by atoms with van der Waals surface area (Å²) < 4.78 is 7.38. The first kappa shape index (κ1) is 25.9. The molecule has 0 radical (unpaired) electrons. The molecular weight excluding hydrogens is 426 g/mol. The van der Waals surface area contributed by atoms with Gasteiger partial charge in [-0.2, -0.15) is 0 Å². The number of benzene rings is 1. The van der Waals surface area contributed by atoms with Crippen LogP contribution in [0.4, 0.5) is 0 Å². The van der Waals surface area contributed by atoms with Gasteiger partial charge < -0.3 is 14.5 Å². The van der Waals surface area contributed by atoms with Crippen LogP contribution in [-0.2, 0) is 14.3 Å². The van der Waals surface area contributed by atoms with Crippen molar-refractivity contribution in [2.45, 2.75) is 52.3 Å². The molecule has 0 aliphatic rings. The Kier molecular flexibility index (Phi) is 8.86. The van der Waals surface area contributed by atoms with Gasteiger partial charge in [0.1, 0.15) is 18.0 Å². The summed E-state index contributed by atoms with van der Waals surface area (Å²) in [5, 5.41) is 9.15. The van der Waals surface area contributed by atoms with Crippen molar-refractivity contribution in [3.05, 3.63) is 35.2 Å². The van der Waals surface area contributed by atoms with Crippen molar-refractivity contribution in [1.82, 2.24) is 24.6 Å². The zero-order chi connectivity index (χ0) is 24.1. The van der Waals surface area contributed by atoms with Gasteiger partial charge in [-0.05, 0) is 72.8 Å². The Morgan fingerprint density at radius 3 is 2.41 bits per heavy atom.